The molecule has 1 atom stereocenters. The van der Waals surface area contributed by atoms with E-state index in [9.17, 15) is 22.8 Å². The molecule has 18 heavy (non-hydrogen) atoms. The van der Waals surface area contributed by atoms with E-state index in [1.165, 1.54) is 20.9 Å². The molecule has 0 fully saturated rings. The van der Waals surface area contributed by atoms with E-state index in [1.54, 1.807) is 5.32 Å². The van der Waals surface area contributed by atoms with Gasteiger partial charge in [-0.1, -0.05) is 0 Å². The van der Waals surface area contributed by atoms with Crippen molar-refractivity contribution < 1.29 is 27.5 Å². The van der Waals surface area contributed by atoms with Gasteiger partial charge >= 0.3 is 18.2 Å². The summed E-state index contributed by atoms with van der Waals surface area (Å²) in [7, 11) is 1.30. The number of esters is 1. The second-order valence-electron chi connectivity index (χ2n) is 3.72. The van der Waals surface area contributed by atoms with Crippen LogP contribution in [0.15, 0.2) is 11.3 Å². The van der Waals surface area contributed by atoms with E-state index in [0.29, 0.717) is 0 Å². The Labute approximate surface area is 102 Å². The lowest BCUT2D eigenvalue weighted by Gasteiger charge is -2.33. The molecule has 0 bridgehead atoms. The summed E-state index contributed by atoms with van der Waals surface area (Å²) in [6, 6.07) is -1.92. The molecule has 1 unspecified atom stereocenters. The van der Waals surface area contributed by atoms with Crippen LogP contribution in [-0.2, 0) is 9.53 Å². The summed E-state index contributed by atoms with van der Waals surface area (Å²) in [5.41, 5.74) is -1.94. The van der Waals surface area contributed by atoms with Crippen LogP contribution in [0, 0.1) is 0 Å². The number of ether oxygens (including phenoxy) is 1. The monoisotopic (exact) mass is 266 g/mol. The van der Waals surface area contributed by atoms with Crippen molar-refractivity contribution in [2.45, 2.75) is 26.1 Å². The standard InChI is InChI=1S/C10H13F3N2O3/c1-4-18-8(16)6-5(2)15(3)9(17)14-7(6)10(11,12)13/h5H,4H2,1-3H3,(H,14,17). The van der Waals surface area contributed by atoms with Crippen molar-refractivity contribution in [1.82, 2.24) is 10.2 Å². The first kappa shape index (κ1) is 14.3. The number of alkyl halides is 3. The summed E-state index contributed by atoms with van der Waals surface area (Å²) < 4.78 is 42.9. The van der Waals surface area contributed by atoms with Gasteiger partial charge < -0.3 is 15.0 Å². The summed E-state index contributed by atoms with van der Waals surface area (Å²) >= 11 is 0. The van der Waals surface area contributed by atoms with E-state index in [-0.39, 0.29) is 6.61 Å². The van der Waals surface area contributed by atoms with Crippen molar-refractivity contribution in [1.29, 1.82) is 0 Å². The van der Waals surface area contributed by atoms with Gasteiger partial charge in [0.15, 0.2) is 0 Å². The lowest BCUT2D eigenvalue weighted by atomic mass is 10.0. The van der Waals surface area contributed by atoms with Crippen LogP contribution in [0.25, 0.3) is 0 Å². The van der Waals surface area contributed by atoms with E-state index < -0.39 is 35.5 Å². The Morgan fingerprint density at radius 3 is 2.50 bits per heavy atom. The molecule has 2 amide bonds. The highest BCUT2D eigenvalue weighted by atomic mass is 19.4. The molecule has 0 saturated heterocycles. The average molecular weight is 266 g/mol. The van der Waals surface area contributed by atoms with Gasteiger partial charge in [-0.05, 0) is 13.8 Å². The molecule has 0 spiro atoms. The maximum Gasteiger partial charge on any atom is 0.432 e. The first-order valence-electron chi connectivity index (χ1n) is 5.22. The summed E-state index contributed by atoms with van der Waals surface area (Å²) in [4.78, 5) is 23.9. The summed E-state index contributed by atoms with van der Waals surface area (Å²) in [5, 5.41) is 1.67. The number of rotatable bonds is 2. The minimum Gasteiger partial charge on any atom is -0.463 e. The Balaban J connectivity index is 3.30. The van der Waals surface area contributed by atoms with E-state index >= 15 is 0 Å². The van der Waals surface area contributed by atoms with Crippen LogP contribution >= 0.6 is 0 Å². The van der Waals surface area contributed by atoms with Crippen LogP contribution in [-0.4, -0.2) is 42.8 Å². The minimum absolute atomic E-state index is 0.0438. The Bertz CT molecular complexity index is 404. The van der Waals surface area contributed by atoms with E-state index in [4.69, 9.17) is 0 Å². The third-order valence-corrected chi connectivity index (χ3v) is 2.60. The lowest BCUT2D eigenvalue weighted by Crippen LogP contribution is -2.52. The van der Waals surface area contributed by atoms with Crippen molar-refractivity contribution >= 4 is 12.0 Å². The van der Waals surface area contributed by atoms with Gasteiger partial charge in [0.2, 0.25) is 0 Å². The number of hydrogen-bond donors (Lipinski definition) is 1. The number of likely N-dealkylation sites (N-methyl/N-ethyl adjacent to an activating group) is 1. The maximum atomic E-state index is 12.8. The number of allylic oxidation sites excluding steroid dienone is 1. The molecule has 1 heterocycles. The van der Waals surface area contributed by atoms with Crippen molar-refractivity contribution in [3.05, 3.63) is 11.3 Å². The van der Waals surface area contributed by atoms with Crippen molar-refractivity contribution in [3.8, 4) is 0 Å². The molecule has 0 aromatic rings. The van der Waals surface area contributed by atoms with Crippen molar-refractivity contribution in [3.63, 3.8) is 0 Å². The van der Waals surface area contributed by atoms with Gasteiger partial charge in [-0.2, -0.15) is 13.2 Å². The van der Waals surface area contributed by atoms with Crippen LogP contribution in [0.2, 0.25) is 0 Å². The topological polar surface area (TPSA) is 58.6 Å². The number of hydrogen-bond acceptors (Lipinski definition) is 3. The van der Waals surface area contributed by atoms with Crippen LogP contribution in [0.4, 0.5) is 18.0 Å². The highest BCUT2D eigenvalue weighted by molar-refractivity contribution is 5.94. The molecule has 8 heteroatoms. The zero-order chi connectivity index (χ0) is 14.1. The fourth-order valence-corrected chi connectivity index (χ4v) is 1.55. The van der Waals surface area contributed by atoms with Crippen LogP contribution in [0.5, 0.6) is 0 Å². The van der Waals surface area contributed by atoms with Gasteiger partial charge in [-0.15, -0.1) is 0 Å². The first-order valence-corrected chi connectivity index (χ1v) is 5.22. The van der Waals surface area contributed by atoms with Gasteiger partial charge in [-0.3, -0.25) is 0 Å². The molecule has 0 radical (unpaired) electrons. The Kier molecular flexibility index (Phi) is 3.88. The van der Waals surface area contributed by atoms with Crippen LogP contribution < -0.4 is 5.32 Å². The normalized spacial score (nSPS) is 20.9. The molecule has 102 valence electrons. The molecule has 0 aromatic carbocycles. The highest BCUT2D eigenvalue weighted by Crippen LogP contribution is 2.31. The number of nitrogens with one attached hydrogen (secondary N) is 1. The second-order valence-corrected chi connectivity index (χ2v) is 3.72. The number of halogens is 3. The second kappa shape index (κ2) is 4.87. The fraction of sp³-hybridized carbons (Fsp3) is 0.600. The number of urea groups is 1. The smallest absolute Gasteiger partial charge is 0.432 e. The highest BCUT2D eigenvalue weighted by Gasteiger charge is 2.45. The SMILES string of the molecule is CCOC(=O)C1=C(C(F)(F)F)NC(=O)N(C)C1C. The summed E-state index contributed by atoms with van der Waals surface area (Å²) in [5.74, 6) is -1.08. The molecule has 1 aliphatic rings. The molecule has 0 aromatic heterocycles. The number of carbonyl (C=O) groups is 2. The molecular formula is C10H13F3N2O3. The molecule has 1 N–H and O–H groups in total. The van der Waals surface area contributed by atoms with Gasteiger partial charge in [0.25, 0.3) is 0 Å². The van der Waals surface area contributed by atoms with E-state index in [1.807, 2.05) is 0 Å². The first-order chi connectivity index (χ1) is 8.20. The van der Waals surface area contributed by atoms with E-state index in [2.05, 4.69) is 4.74 Å². The third-order valence-electron chi connectivity index (χ3n) is 2.60. The molecule has 0 saturated carbocycles. The van der Waals surface area contributed by atoms with Gasteiger partial charge in [0.1, 0.15) is 5.70 Å². The maximum absolute atomic E-state index is 12.8. The largest absolute Gasteiger partial charge is 0.463 e. The Morgan fingerprint density at radius 2 is 2.06 bits per heavy atom. The molecular weight excluding hydrogens is 253 g/mol. The van der Waals surface area contributed by atoms with Crippen LogP contribution in [0.3, 0.4) is 0 Å². The molecule has 5 nitrogen and oxygen atoms in total. The fourth-order valence-electron chi connectivity index (χ4n) is 1.55. The van der Waals surface area contributed by atoms with E-state index in [0.717, 1.165) is 4.90 Å². The summed E-state index contributed by atoms with van der Waals surface area (Å²) in [6.45, 7) is 2.77. The quantitative estimate of drug-likeness (QED) is 0.769. The Hall–Kier alpha value is -1.73. The van der Waals surface area contributed by atoms with Crippen molar-refractivity contribution in [2.75, 3.05) is 13.7 Å². The third kappa shape index (κ3) is 2.57. The number of carbonyl (C=O) groups excluding carboxylic acids is 2. The van der Waals surface area contributed by atoms with Gasteiger partial charge in [0.05, 0.1) is 18.2 Å². The van der Waals surface area contributed by atoms with Gasteiger partial charge in [-0.25, -0.2) is 9.59 Å². The summed E-state index contributed by atoms with van der Waals surface area (Å²) in [6.07, 6.45) is -4.81. The lowest BCUT2D eigenvalue weighted by molar-refractivity contribution is -0.141. The molecule has 1 aliphatic heterocycles. The molecule has 0 aliphatic carbocycles. The van der Waals surface area contributed by atoms with Crippen molar-refractivity contribution in [2.24, 2.45) is 0 Å². The predicted molar refractivity (Wildman–Crippen MR) is 55.5 cm³/mol. The predicted octanol–water partition coefficient (Wildman–Crippen LogP) is 1.41. The zero-order valence-electron chi connectivity index (χ0n) is 10.1. The van der Waals surface area contributed by atoms with Crippen LogP contribution in [0.1, 0.15) is 13.8 Å². The number of nitrogens with zero attached hydrogens (tertiary/aromatic N) is 1. The molecule has 1 rings (SSSR count). The Morgan fingerprint density at radius 1 is 1.50 bits per heavy atom. The van der Waals surface area contributed by atoms with Gasteiger partial charge in [0, 0.05) is 7.05 Å². The minimum atomic E-state index is -4.81. The number of amides is 2. The zero-order valence-corrected chi connectivity index (χ0v) is 10.1. The average Bonchev–Trinajstić information content (AvgIpc) is 2.24.